The summed E-state index contributed by atoms with van der Waals surface area (Å²) in [5.41, 5.74) is 1.42. The molecule has 1 aliphatic heterocycles. The van der Waals surface area contributed by atoms with Gasteiger partial charge in [0.2, 0.25) is 5.56 Å². The average molecular weight is 325 g/mol. The second-order valence-corrected chi connectivity index (χ2v) is 5.87. The number of aryl methyl sites for hydroxylation is 1. The average Bonchev–Trinajstić information content (AvgIpc) is 2.60. The van der Waals surface area contributed by atoms with E-state index in [9.17, 15) is 14.4 Å². The Hall–Kier alpha value is -2.89. The predicted molar refractivity (Wildman–Crippen MR) is 90.0 cm³/mol. The van der Waals surface area contributed by atoms with Crippen LogP contribution < -0.4 is 5.56 Å². The minimum absolute atomic E-state index is 0.0188. The van der Waals surface area contributed by atoms with E-state index in [1.807, 2.05) is 18.2 Å². The number of amides is 2. The normalized spacial score (nSPS) is 14.5. The molecule has 1 aromatic carbocycles. The van der Waals surface area contributed by atoms with Gasteiger partial charge in [-0.05, 0) is 25.1 Å². The van der Waals surface area contributed by atoms with Gasteiger partial charge < -0.3 is 14.8 Å². The smallest absolute Gasteiger partial charge is 0.254 e. The van der Waals surface area contributed by atoms with E-state index in [1.165, 1.54) is 6.07 Å². The van der Waals surface area contributed by atoms with Crippen molar-refractivity contribution in [2.75, 3.05) is 26.2 Å². The van der Waals surface area contributed by atoms with E-state index in [-0.39, 0.29) is 17.4 Å². The third-order valence-corrected chi connectivity index (χ3v) is 4.10. The summed E-state index contributed by atoms with van der Waals surface area (Å²) in [4.78, 5) is 42.5. The molecule has 0 aliphatic carbocycles. The molecule has 6 nitrogen and oxygen atoms in total. The molecule has 124 valence electrons. The van der Waals surface area contributed by atoms with Crippen LogP contribution in [0.2, 0.25) is 0 Å². The molecule has 2 heterocycles. The molecule has 0 spiro atoms. The summed E-state index contributed by atoms with van der Waals surface area (Å²) in [6.45, 7) is 3.64. The highest BCUT2D eigenvalue weighted by Gasteiger charge is 2.25. The molecule has 0 radical (unpaired) electrons. The van der Waals surface area contributed by atoms with Gasteiger partial charge in [-0.3, -0.25) is 14.4 Å². The van der Waals surface area contributed by atoms with Gasteiger partial charge in [0.1, 0.15) is 0 Å². The van der Waals surface area contributed by atoms with Gasteiger partial charge in [0.05, 0.1) is 0 Å². The second kappa shape index (κ2) is 6.70. The number of hydrogen-bond donors (Lipinski definition) is 1. The third kappa shape index (κ3) is 3.37. The molecule has 1 aromatic heterocycles. The summed E-state index contributed by atoms with van der Waals surface area (Å²) in [7, 11) is 0. The van der Waals surface area contributed by atoms with Crippen LogP contribution in [-0.2, 0) is 0 Å². The van der Waals surface area contributed by atoms with E-state index in [4.69, 9.17) is 0 Å². The Labute approximate surface area is 139 Å². The number of aromatic nitrogens is 1. The first-order chi connectivity index (χ1) is 11.5. The van der Waals surface area contributed by atoms with Gasteiger partial charge in [-0.2, -0.15) is 0 Å². The molecule has 1 aliphatic rings. The molecule has 24 heavy (non-hydrogen) atoms. The van der Waals surface area contributed by atoms with Crippen LogP contribution in [-0.4, -0.2) is 52.8 Å². The van der Waals surface area contributed by atoms with Crippen LogP contribution in [0.25, 0.3) is 0 Å². The van der Waals surface area contributed by atoms with Crippen LogP contribution in [0.4, 0.5) is 0 Å². The fourth-order valence-electron chi connectivity index (χ4n) is 2.86. The standard InChI is InChI=1S/C18H19N3O3/c1-13-11-15(12-16(22)19-13)18(24)21-9-7-20(8-10-21)17(23)14-5-3-2-4-6-14/h2-6,11-12H,7-10H2,1H3,(H,19,22). The highest BCUT2D eigenvalue weighted by Crippen LogP contribution is 2.11. The summed E-state index contributed by atoms with van der Waals surface area (Å²) >= 11 is 0. The first-order valence-corrected chi connectivity index (χ1v) is 7.89. The van der Waals surface area contributed by atoms with E-state index in [0.717, 1.165) is 0 Å². The Bertz CT molecular complexity index is 806. The quantitative estimate of drug-likeness (QED) is 0.904. The highest BCUT2D eigenvalue weighted by molar-refractivity contribution is 5.96. The molecule has 0 saturated carbocycles. The molecular formula is C18H19N3O3. The van der Waals surface area contributed by atoms with E-state index >= 15 is 0 Å². The molecule has 1 saturated heterocycles. The van der Waals surface area contributed by atoms with Crippen LogP contribution in [0.3, 0.4) is 0 Å². The van der Waals surface area contributed by atoms with Gasteiger partial charge in [-0.25, -0.2) is 0 Å². The van der Waals surface area contributed by atoms with Gasteiger partial charge in [0, 0.05) is 49.1 Å². The van der Waals surface area contributed by atoms with Crippen molar-refractivity contribution in [3.8, 4) is 0 Å². The largest absolute Gasteiger partial charge is 0.335 e. The first kappa shape index (κ1) is 16.0. The number of hydrogen-bond acceptors (Lipinski definition) is 3. The molecule has 1 N–H and O–H groups in total. The lowest BCUT2D eigenvalue weighted by atomic mass is 10.1. The second-order valence-electron chi connectivity index (χ2n) is 5.87. The van der Waals surface area contributed by atoms with Crippen LogP contribution in [0.15, 0.2) is 47.3 Å². The number of piperazine rings is 1. The fraction of sp³-hybridized carbons (Fsp3) is 0.278. The molecule has 3 rings (SSSR count). The van der Waals surface area contributed by atoms with Crippen LogP contribution in [0, 0.1) is 6.92 Å². The summed E-state index contributed by atoms with van der Waals surface area (Å²) in [6.07, 6.45) is 0. The number of aromatic amines is 1. The maximum absolute atomic E-state index is 12.5. The summed E-state index contributed by atoms with van der Waals surface area (Å²) in [6, 6.07) is 12.1. The molecule has 1 fully saturated rings. The number of carbonyl (C=O) groups excluding carboxylic acids is 2. The number of carbonyl (C=O) groups is 2. The van der Waals surface area contributed by atoms with Gasteiger partial charge in [0.15, 0.2) is 0 Å². The number of nitrogens with zero attached hydrogens (tertiary/aromatic N) is 2. The van der Waals surface area contributed by atoms with E-state index in [1.54, 1.807) is 34.9 Å². The van der Waals surface area contributed by atoms with Crippen molar-refractivity contribution in [1.82, 2.24) is 14.8 Å². The highest BCUT2D eigenvalue weighted by atomic mass is 16.2. The molecule has 0 bridgehead atoms. The van der Waals surface area contributed by atoms with Gasteiger partial charge in [-0.15, -0.1) is 0 Å². The Morgan fingerprint density at radius 3 is 1.96 bits per heavy atom. The maximum Gasteiger partial charge on any atom is 0.254 e. The third-order valence-electron chi connectivity index (χ3n) is 4.10. The zero-order chi connectivity index (χ0) is 17.1. The Morgan fingerprint density at radius 2 is 1.42 bits per heavy atom. The number of nitrogens with one attached hydrogen (secondary N) is 1. The monoisotopic (exact) mass is 325 g/mol. The van der Waals surface area contributed by atoms with Gasteiger partial charge in [-0.1, -0.05) is 18.2 Å². The number of benzene rings is 1. The van der Waals surface area contributed by atoms with E-state index in [0.29, 0.717) is 43.0 Å². The summed E-state index contributed by atoms with van der Waals surface area (Å²) < 4.78 is 0. The minimum Gasteiger partial charge on any atom is -0.335 e. The lowest BCUT2D eigenvalue weighted by molar-refractivity contribution is 0.0535. The van der Waals surface area contributed by atoms with Crippen LogP contribution >= 0.6 is 0 Å². The van der Waals surface area contributed by atoms with Crippen molar-refractivity contribution in [2.24, 2.45) is 0 Å². The molecular weight excluding hydrogens is 306 g/mol. The molecule has 6 heteroatoms. The van der Waals surface area contributed by atoms with Crippen molar-refractivity contribution < 1.29 is 9.59 Å². The molecule has 2 aromatic rings. The Morgan fingerprint density at radius 1 is 0.875 bits per heavy atom. The van der Waals surface area contributed by atoms with Crippen LogP contribution in [0.5, 0.6) is 0 Å². The SMILES string of the molecule is Cc1cc(C(=O)N2CCN(C(=O)c3ccccc3)CC2)cc(=O)[nH]1. The van der Waals surface area contributed by atoms with Crippen molar-refractivity contribution in [3.63, 3.8) is 0 Å². The van der Waals surface area contributed by atoms with Crippen molar-refractivity contribution >= 4 is 11.8 Å². The fourth-order valence-corrected chi connectivity index (χ4v) is 2.86. The zero-order valence-electron chi connectivity index (χ0n) is 13.5. The minimum atomic E-state index is -0.281. The molecule has 2 amide bonds. The van der Waals surface area contributed by atoms with Crippen molar-refractivity contribution in [3.05, 3.63) is 69.6 Å². The lowest BCUT2D eigenvalue weighted by Gasteiger charge is -2.34. The zero-order valence-corrected chi connectivity index (χ0v) is 13.5. The van der Waals surface area contributed by atoms with E-state index in [2.05, 4.69) is 4.98 Å². The molecule has 0 atom stereocenters. The van der Waals surface area contributed by atoms with Gasteiger partial charge in [0.25, 0.3) is 11.8 Å². The Kier molecular flexibility index (Phi) is 4.46. The van der Waals surface area contributed by atoms with Gasteiger partial charge >= 0.3 is 0 Å². The topological polar surface area (TPSA) is 73.5 Å². The maximum atomic E-state index is 12.5. The number of pyridine rings is 1. The Balaban J connectivity index is 1.65. The summed E-state index contributed by atoms with van der Waals surface area (Å²) in [5.74, 6) is -0.189. The van der Waals surface area contributed by atoms with Crippen LogP contribution in [0.1, 0.15) is 26.4 Å². The summed E-state index contributed by atoms with van der Waals surface area (Å²) in [5, 5.41) is 0. The molecule has 0 unspecified atom stereocenters. The van der Waals surface area contributed by atoms with Crippen molar-refractivity contribution in [2.45, 2.75) is 6.92 Å². The number of H-pyrrole nitrogens is 1. The van der Waals surface area contributed by atoms with E-state index < -0.39 is 0 Å². The van der Waals surface area contributed by atoms with Crippen molar-refractivity contribution in [1.29, 1.82) is 0 Å². The first-order valence-electron chi connectivity index (χ1n) is 7.89. The lowest BCUT2D eigenvalue weighted by Crippen LogP contribution is -2.50. The predicted octanol–water partition coefficient (Wildman–Crippen LogP) is 1.28. The number of rotatable bonds is 2.